The Balaban J connectivity index is 1.98. The van der Waals surface area contributed by atoms with Crippen LogP contribution in [0.1, 0.15) is 44.7 Å². The highest BCUT2D eigenvalue weighted by Crippen LogP contribution is 2.23. The summed E-state index contributed by atoms with van der Waals surface area (Å²) in [5.41, 5.74) is 1.64. The van der Waals surface area contributed by atoms with Crippen LogP contribution in [-0.2, 0) is 14.8 Å². The first-order valence-corrected chi connectivity index (χ1v) is 12.0. The molecule has 0 saturated heterocycles. The fourth-order valence-electron chi connectivity index (χ4n) is 3.32. The molecule has 0 heterocycles. The molecule has 2 aromatic carbocycles. The second-order valence-corrected chi connectivity index (χ2v) is 9.70. The Hall–Kier alpha value is -2.54. The molecule has 0 bridgehead atoms. The molecule has 0 spiro atoms. The summed E-state index contributed by atoms with van der Waals surface area (Å²) in [5.74, 6) is 1.02. The maximum Gasteiger partial charge on any atom is 0.232 e. The molecular weight excluding hydrogens is 400 g/mol. The standard InChI is InChI=1S/C23H32N2O4S/c1-18(2)17-22(19-9-6-5-7-10-19)24-23(26)11-8-16-25(30(4,27)28)20-12-14-21(29-3)15-13-20/h5-7,9-10,12-15,18,22H,8,11,16-17H2,1-4H3,(H,24,26). The molecule has 164 valence electrons. The van der Waals surface area contributed by atoms with E-state index in [0.29, 0.717) is 23.8 Å². The summed E-state index contributed by atoms with van der Waals surface area (Å²) >= 11 is 0. The molecule has 2 rings (SSSR count). The second-order valence-electron chi connectivity index (χ2n) is 7.80. The van der Waals surface area contributed by atoms with Crippen LogP contribution in [-0.4, -0.2) is 34.2 Å². The molecule has 0 saturated carbocycles. The number of sulfonamides is 1. The molecule has 1 N–H and O–H groups in total. The third-order valence-corrected chi connectivity index (χ3v) is 5.96. The minimum absolute atomic E-state index is 0.0497. The number of rotatable bonds is 11. The number of carbonyl (C=O) groups is 1. The Morgan fingerprint density at radius 1 is 1.07 bits per heavy atom. The molecule has 0 aromatic heterocycles. The minimum atomic E-state index is -3.46. The van der Waals surface area contributed by atoms with Crippen LogP contribution < -0.4 is 14.4 Å². The number of ether oxygens (including phenoxy) is 1. The summed E-state index contributed by atoms with van der Waals surface area (Å²) in [6.45, 7) is 4.49. The third kappa shape index (κ3) is 7.37. The van der Waals surface area contributed by atoms with E-state index >= 15 is 0 Å². The van der Waals surface area contributed by atoms with Crippen molar-refractivity contribution in [3.05, 3.63) is 60.2 Å². The first-order chi connectivity index (χ1) is 14.2. The first-order valence-electron chi connectivity index (χ1n) is 10.2. The highest BCUT2D eigenvalue weighted by atomic mass is 32.2. The fraction of sp³-hybridized carbons (Fsp3) is 0.435. The van der Waals surface area contributed by atoms with Gasteiger partial charge < -0.3 is 10.1 Å². The predicted octanol–water partition coefficient (Wildman–Crippen LogP) is 4.15. The van der Waals surface area contributed by atoms with Gasteiger partial charge in [0.15, 0.2) is 0 Å². The molecule has 0 fully saturated rings. The SMILES string of the molecule is COc1ccc(N(CCCC(=O)NC(CC(C)C)c2ccccc2)S(C)(=O)=O)cc1. The molecule has 30 heavy (non-hydrogen) atoms. The Morgan fingerprint density at radius 3 is 2.23 bits per heavy atom. The zero-order chi connectivity index (χ0) is 22.1. The Kier molecular flexibility index (Phi) is 8.72. The van der Waals surface area contributed by atoms with Gasteiger partial charge in [0.25, 0.3) is 0 Å². The monoisotopic (exact) mass is 432 g/mol. The summed E-state index contributed by atoms with van der Waals surface area (Å²) in [5, 5.41) is 3.11. The van der Waals surface area contributed by atoms with Gasteiger partial charge >= 0.3 is 0 Å². The van der Waals surface area contributed by atoms with Crippen molar-refractivity contribution in [2.24, 2.45) is 5.92 Å². The number of hydrogen-bond acceptors (Lipinski definition) is 4. The lowest BCUT2D eigenvalue weighted by molar-refractivity contribution is -0.122. The largest absolute Gasteiger partial charge is 0.497 e. The number of amides is 1. The normalized spacial score (nSPS) is 12.4. The van der Waals surface area contributed by atoms with Gasteiger partial charge in [0, 0.05) is 13.0 Å². The molecule has 1 unspecified atom stereocenters. The lowest BCUT2D eigenvalue weighted by Gasteiger charge is -2.23. The summed E-state index contributed by atoms with van der Waals surface area (Å²) < 4.78 is 30.9. The van der Waals surface area contributed by atoms with Crippen LogP contribution in [0.3, 0.4) is 0 Å². The van der Waals surface area contributed by atoms with E-state index < -0.39 is 10.0 Å². The molecule has 2 aromatic rings. The van der Waals surface area contributed by atoms with Crippen molar-refractivity contribution in [1.29, 1.82) is 0 Å². The van der Waals surface area contributed by atoms with Crippen molar-refractivity contribution in [1.82, 2.24) is 5.32 Å². The molecule has 1 atom stereocenters. The van der Waals surface area contributed by atoms with E-state index in [1.807, 2.05) is 30.3 Å². The number of methoxy groups -OCH3 is 1. The Labute approximate surface area is 180 Å². The van der Waals surface area contributed by atoms with E-state index in [1.54, 1.807) is 31.4 Å². The summed E-state index contributed by atoms with van der Waals surface area (Å²) in [6.07, 6.45) is 2.69. The Bertz CT molecular complexity index is 897. The average molecular weight is 433 g/mol. The van der Waals surface area contributed by atoms with Crippen molar-refractivity contribution >= 4 is 21.6 Å². The lowest BCUT2D eigenvalue weighted by atomic mass is 9.97. The lowest BCUT2D eigenvalue weighted by Crippen LogP contribution is -2.33. The van der Waals surface area contributed by atoms with Crippen LogP contribution in [0.5, 0.6) is 5.75 Å². The highest BCUT2D eigenvalue weighted by Gasteiger charge is 2.19. The van der Waals surface area contributed by atoms with Crippen molar-refractivity contribution in [3.63, 3.8) is 0 Å². The second kappa shape index (κ2) is 11.0. The van der Waals surface area contributed by atoms with Crippen LogP contribution in [0.25, 0.3) is 0 Å². The molecular formula is C23H32N2O4S. The zero-order valence-electron chi connectivity index (χ0n) is 18.2. The summed E-state index contributed by atoms with van der Waals surface area (Å²) in [6, 6.07) is 16.7. The van der Waals surface area contributed by atoms with Crippen molar-refractivity contribution < 1.29 is 17.9 Å². The van der Waals surface area contributed by atoms with Gasteiger partial charge in [-0.2, -0.15) is 0 Å². The number of benzene rings is 2. The van der Waals surface area contributed by atoms with Crippen molar-refractivity contribution in [2.75, 3.05) is 24.2 Å². The van der Waals surface area contributed by atoms with E-state index in [1.165, 1.54) is 10.6 Å². The van der Waals surface area contributed by atoms with Crippen LogP contribution in [0.2, 0.25) is 0 Å². The third-order valence-electron chi connectivity index (χ3n) is 4.77. The van der Waals surface area contributed by atoms with Gasteiger partial charge in [0.1, 0.15) is 5.75 Å². The summed E-state index contributed by atoms with van der Waals surface area (Å²) in [7, 11) is -1.90. The number of nitrogens with zero attached hydrogens (tertiary/aromatic N) is 1. The average Bonchev–Trinajstić information content (AvgIpc) is 2.70. The van der Waals surface area contributed by atoms with Gasteiger partial charge in [0.2, 0.25) is 15.9 Å². The molecule has 0 aliphatic carbocycles. The fourth-order valence-corrected chi connectivity index (χ4v) is 4.29. The van der Waals surface area contributed by atoms with Crippen LogP contribution in [0.15, 0.2) is 54.6 Å². The van der Waals surface area contributed by atoms with Crippen molar-refractivity contribution in [2.45, 2.75) is 39.2 Å². The number of anilines is 1. The first kappa shape index (κ1) is 23.7. The maximum absolute atomic E-state index is 12.6. The number of hydrogen-bond donors (Lipinski definition) is 1. The number of nitrogens with one attached hydrogen (secondary N) is 1. The molecule has 6 nitrogen and oxygen atoms in total. The van der Waals surface area contributed by atoms with E-state index in [0.717, 1.165) is 12.0 Å². The quantitative estimate of drug-likeness (QED) is 0.579. The molecule has 0 aliphatic heterocycles. The zero-order valence-corrected chi connectivity index (χ0v) is 19.0. The topological polar surface area (TPSA) is 75.7 Å². The van der Waals surface area contributed by atoms with Gasteiger partial charge in [-0.1, -0.05) is 44.2 Å². The van der Waals surface area contributed by atoms with Crippen molar-refractivity contribution in [3.8, 4) is 5.75 Å². The predicted molar refractivity (Wildman–Crippen MR) is 121 cm³/mol. The minimum Gasteiger partial charge on any atom is -0.497 e. The summed E-state index contributed by atoms with van der Waals surface area (Å²) in [4.78, 5) is 12.6. The van der Waals surface area contributed by atoms with Gasteiger partial charge in [0.05, 0.1) is 25.1 Å². The Morgan fingerprint density at radius 2 is 1.70 bits per heavy atom. The van der Waals surface area contributed by atoms with E-state index in [2.05, 4.69) is 19.2 Å². The van der Waals surface area contributed by atoms with E-state index in [-0.39, 0.29) is 24.9 Å². The van der Waals surface area contributed by atoms with Crippen LogP contribution in [0.4, 0.5) is 5.69 Å². The van der Waals surface area contributed by atoms with Crippen LogP contribution >= 0.6 is 0 Å². The van der Waals surface area contributed by atoms with Gasteiger partial charge in [-0.25, -0.2) is 8.42 Å². The van der Waals surface area contributed by atoms with E-state index in [9.17, 15) is 13.2 Å². The molecule has 7 heteroatoms. The van der Waals surface area contributed by atoms with E-state index in [4.69, 9.17) is 4.74 Å². The highest BCUT2D eigenvalue weighted by molar-refractivity contribution is 7.92. The van der Waals surface area contributed by atoms with Gasteiger partial charge in [-0.05, 0) is 48.6 Å². The van der Waals surface area contributed by atoms with Gasteiger partial charge in [-0.15, -0.1) is 0 Å². The van der Waals surface area contributed by atoms with Gasteiger partial charge in [-0.3, -0.25) is 9.10 Å². The number of carbonyl (C=O) groups excluding carboxylic acids is 1. The molecule has 0 aliphatic rings. The molecule has 1 amide bonds. The smallest absolute Gasteiger partial charge is 0.232 e. The maximum atomic E-state index is 12.6. The molecule has 0 radical (unpaired) electrons. The van der Waals surface area contributed by atoms with Crippen LogP contribution in [0, 0.1) is 5.92 Å².